The Kier molecular flexibility index (Phi) is 5.09. The molecule has 0 atom stereocenters. The van der Waals surface area contributed by atoms with Crippen LogP contribution in [0.1, 0.15) is 5.56 Å². The van der Waals surface area contributed by atoms with E-state index in [0.717, 1.165) is 7.11 Å². The normalized spacial score (nSPS) is 11.9. The van der Waals surface area contributed by atoms with E-state index in [0.29, 0.717) is 5.56 Å². The highest BCUT2D eigenvalue weighted by atomic mass is 32.2. The maximum absolute atomic E-state index is 11.6. The van der Waals surface area contributed by atoms with Gasteiger partial charge < -0.3 is 4.74 Å². The number of hydrogen-bond acceptors (Lipinski definition) is 6. The molecule has 3 N–H and O–H groups in total. The summed E-state index contributed by atoms with van der Waals surface area (Å²) < 4.78 is 51.3. The molecule has 0 aromatic heterocycles. The van der Waals surface area contributed by atoms with Gasteiger partial charge in [0.25, 0.3) is 0 Å². The van der Waals surface area contributed by atoms with Gasteiger partial charge in [0.2, 0.25) is 20.0 Å². The van der Waals surface area contributed by atoms with Crippen molar-refractivity contribution in [2.45, 2.75) is 5.75 Å². The summed E-state index contributed by atoms with van der Waals surface area (Å²) in [5, 5.41) is 4.89. The molecule has 0 aliphatic heterocycles. The SMILES string of the molecule is COC(=O)CS(=O)(=O)Nc1ccc(CS(N)(=O)=O)cc1. The molecule has 1 aromatic carbocycles. The van der Waals surface area contributed by atoms with Crippen molar-refractivity contribution >= 4 is 31.7 Å². The number of primary sulfonamides is 1. The molecule has 0 heterocycles. The van der Waals surface area contributed by atoms with Crippen LogP contribution in [0.15, 0.2) is 24.3 Å². The number of hydrogen-bond donors (Lipinski definition) is 2. The molecule has 0 amide bonds. The first-order valence-electron chi connectivity index (χ1n) is 5.28. The lowest BCUT2D eigenvalue weighted by molar-refractivity contribution is -0.137. The van der Waals surface area contributed by atoms with Gasteiger partial charge in [-0.3, -0.25) is 9.52 Å². The van der Waals surface area contributed by atoms with Gasteiger partial charge in [0, 0.05) is 5.69 Å². The number of nitrogens with one attached hydrogen (secondary N) is 1. The molecule has 1 aromatic rings. The van der Waals surface area contributed by atoms with E-state index in [1.165, 1.54) is 24.3 Å². The number of methoxy groups -OCH3 is 1. The molecule has 0 unspecified atom stereocenters. The number of rotatable bonds is 6. The highest BCUT2D eigenvalue weighted by molar-refractivity contribution is 7.93. The van der Waals surface area contributed by atoms with Gasteiger partial charge in [-0.15, -0.1) is 0 Å². The van der Waals surface area contributed by atoms with Gasteiger partial charge in [-0.25, -0.2) is 22.0 Å². The zero-order valence-corrected chi connectivity index (χ0v) is 12.2. The molecule has 1 rings (SSSR count). The Morgan fingerprint density at radius 1 is 1.20 bits per heavy atom. The number of benzene rings is 1. The second-order valence-electron chi connectivity index (χ2n) is 3.94. The largest absolute Gasteiger partial charge is 0.468 e. The van der Waals surface area contributed by atoms with Gasteiger partial charge in [0.05, 0.1) is 12.9 Å². The van der Waals surface area contributed by atoms with Gasteiger partial charge in [-0.1, -0.05) is 12.1 Å². The molecule has 8 nitrogen and oxygen atoms in total. The number of esters is 1. The maximum Gasteiger partial charge on any atom is 0.322 e. The molecule has 0 fully saturated rings. The topological polar surface area (TPSA) is 133 Å². The van der Waals surface area contributed by atoms with Crippen molar-refractivity contribution in [3.8, 4) is 0 Å². The first-order chi connectivity index (χ1) is 9.11. The zero-order valence-electron chi connectivity index (χ0n) is 10.6. The molecule has 112 valence electrons. The number of anilines is 1. The Balaban J connectivity index is 2.77. The van der Waals surface area contributed by atoms with Crippen molar-refractivity contribution in [1.82, 2.24) is 0 Å². The quantitative estimate of drug-likeness (QED) is 0.671. The van der Waals surface area contributed by atoms with Crippen LogP contribution in [-0.2, 0) is 35.3 Å². The van der Waals surface area contributed by atoms with Crippen LogP contribution >= 0.6 is 0 Å². The smallest absolute Gasteiger partial charge is 0.322 e. The molecule has 0 saturated heterocycles. The lowest BCUT2D eigenvalue weighted by Crippen LogP contribution is -2.23. The van der Waals surface area contributed by atoms with Crippen LogP contribution in [0.3, 0.4) is 0 Å². The highest BCUT2D eigenvalue weighted by Gasteiger charge is 2.16. The number of carbonyl (C=O) groups excluding carboxylic acids is 1. The van der Waals surface area contributed by atoms with Crippen molar-refractivity contribution in [3.63, 3.8) is 0 Å². The summed E-state index contributed by atoms with van der Waals surface area (Å²) in [5.74, 6) is -2.03. The van der Waals surface area contributed by atoms with Crippen LogP contribution in [0.4, 0.5) is 5.69 Å². The molecule has 0 radical (unpaired) electrons. The van der Waals surface area contributed by atoms with Crippen molar-refractivity contribution in [2.75, 3.05) is 17.6 Å². The minimum absolute atomic E-state index is 0.201. The Morgan fingerprint density at radius 3 is 2.20 bits per heavy atom. The lowest BCUT2D eigenvalue weighted by Gasteiger charge is -2.07. The predicted molar refractivity (Wildman–Crippen MR) is 72.7 cm³/mol. The van der Waals surface area contributed by atoms with Crippen LogP contribution in [0, 0.1) is 0 Å². The summed E-state index contributed by atoms with van der Waals surface area (Å²) in [6.45, 7) is 0. The summed E-state index contributed by atoms with van der Waals surface area (Å²) in [4.78, 5) is 10.9. The third-order valence-electron chi connectivity index (χ3n) is 2.13. The molecule has 0 aliphatic rings. The van der Waals surface area contributed by atoms with E-state index in [9.17, 15) is 21.6 Å². The number of ether oxygens (including phenoxy) is 1. The van der Waals surface area contributed by atoms with E-state index in [1.807, 2.05) is 0 Å². The second kappa shape index (κ2) is 6.20. The van der Waals surface area contributed by atoms with E-state index in [2.05, 4.69) is 9.46 Å². The van der Waals surface area contributed by atoms with Crippen LogP contribution in [-0.4, -0.2) is 35.7 Å². The fraction of sp³-hybridized carbons (Fsp3) is 0.300. The van der Waals surface area contributed by atoms with Crippen LogP contribution in [0.5, 0.6) is 0 Å². The standard InChI is InChI=1S/C10H14N2O6S2/c1-18-10(13)7-20(16,17)12-9-4-2-8(3-5-9)6-19(11,14)15/h2-5,12H,6-7H2,1H3,(H2,11,14,15). The van der Waals surface area contributed by atoms with Crippen molar-refractivity contribution < 1.29 is 26.4 Å². The molecular weight excluding hydrogens is 308 g/mol. The number of carbonyl (C=O) groups is 1. The minimum atomic E-state index is -3.86. The Hall–Kier alpha value is -1.65. The van der Waals surface area contributed by atoms with Crippen LogP contribution in [0.25, 0.3) is 0 Å². The van der Waals surface area contributed by atoms with Gasteiger partial charge in [-0.05, 0) is 17.7 Å². The molecule has 10 heteroatoms. The summed E-state index contributed by atoms with van der Waals surface area (Å²) in [6.07, 6.45) is 0. The average Bonchev–Trinajstić information content (AvgIpc) is 2.28. The van der Waals surface area contributed by atoms with Crippen LogP contribution < -0.4 is 9.86 Å². The van der Waals surface area contributed by atoms with Gasteiger partial charge in [0.15, 0.2) is 5.75 Å². The van der Waals surface area contributed by atoms with E-state index in [-0.39, 0.29) is 11.4 Å². The second-order valence-corrected chi connectivity index (χ2v) is 7.28. The monoisotopic (exact) mass is 322 g/mol. The number of sulfonamides is 2. The number of nitrogens with two attached hydrogens (primary N) is 1. The predicted octanol–water partition coefficient (Wildman–Crippen LogP) is -0.610. The highest BCUT2D eigenvalue weighted by Crippen LogP contribution is 2.13. The van der Waals surface area contributed by atoms with Crippen LogP contribution in [0.2, 0.25) is 0 Å². The van der Waals surface area contributed by atoms with Crippen molar-refractivity contribution in [2.24, 2.45) is 5.14 Å². The Bertz CT molecular complexity index is 679. The fourth-order valence-corrected chi connectivity index (χ4v) is 2.98. The summed E-state index contributed by atoms with van der Waals surface area (Å²) >= 11 is 0. The zero-order chi connectivity index (χ0) is 15.4. The van der Waals surface area contributed by atoms with Gasteiger partial charge in [-0.2, -0.15) is 0 Å². The first kappa shape index (κ1) is 16.4. The summed E-state index contributed by atoms with van der Waals surface area (Å²) in [7, 11) is -6.42. The molecule has 0 aliphatic carbocycles. The van der Waals surface area contributed by atoms with Gasteiger partial charge in [0.1, 0.15) is 0 Å². The van der Waals surface area contributed by atoms with E-state index < -0.39 is 31.8 Å². The molecule has 20 heavy (non-hydrogen) atoms. The van der Waals surface area contributed by atoms with E-state index in [1.54, 1.807) is 0 Å². The fourth-order valence-electron chi connectivity index (χ4n) is 1.33. The third kappa shape index (κ3) is 5.99. The summed E-state index contributed by atoms with van der Waals surface area (Å²) in [5.41, 5.74) is 0.621. The first-order valence-corrected chi connectivity index (χ1v) is 8.65. The lowest BCUT2D eigenvalue weighted by atomic mass is 10.2. The van der Waals surface area contributed by atoms with Crippen molar-refractivity contribution in [3.05, 3.63) is 29.8 Å². The Morgan fingerprint density at radius 2 is 1.75 bits per heavy atom. The van der Waals surface area contributed by atoms with Gasteiger partial charge >= 0.3 is 5.97 Å². The molecule has 0 bridgehead atoms. The minimum Gasteiger partial charge on any atom is -0.468 e. The Labute approximate surface area is 117 Å². The summed E-state index contributed by atoms with van der Waals surface area (Å²) in [6, 6.07) is 5.57. The maximum atomic E-state index is 11.6. The third-order valence-corrected chi connectivity index (χ3v) is 4.03. The average molecular weight is 322 g/mol. The molecule has 0 saturated carbocycles. The van der Waals surface area contributed by atoms with E-state index >= 15 is 0 Å². The molecule has 0 spiro atoms. The van der Waals surface area contributed by atoms with E-state index in [4.69, 9.17) is 5.14 Å². The van der Waals surface area contributed by atoms with Crippen molar-refractivity contribution in [1.29, 1.82) is 0 Å². The molecular formula is C10H14N2O6S2.